The van der Waals surface area contributed by atoms with Crippen molar-refractivity contribution in [2.45, 2.75) is 45.1 Å². The monoisotopic (exact) mass is 490 g/mol. The fourth-order valence-electron chi connectivity index (χ4n) is 4.38. The van der Waals surface area contributed by atoms with Crippen LogP contribution in [-0.2, 0) is 6.42 Å². The van der Waals surface area contributed by atoms with E-state index in [2.05, 4.69) is 15.1 Å². The summed E-state index contributed by atoms with van der Waals surface area (Å²) in [6, 6.07) is 14.5. The molecule has 188 valence electrons. The first-order chi connectivity index (χ1) is 17.3. The fraction of sp³-hybridized carbons (Fsp3) is 0.333. The zero-order valence-electron chi connectivity index (χ0n) is 20.8. The lowest BCUT2D eigenvalue weighted by molar-refractivity contribution is 0.0960. The Morgan fingerprint density at radius 2 is 1.83 bits per heavy atom. The summed E-state index contributed by atoms with van der Waals surface area (Å²) < 4.78 is 12.2. The number of benzene rings is 2. The number of aliphatic hydroxyl groups is 1. The molecule has 0 spiro atoms. The zero-order chi connectivity index (χ0) is 25.8. The highest BCUT2D eigenvalue weighted by molar-refractivity contribution is 5.96. The molecule has 0 aliphatic heterocycles. The van der Waals surface area contributed by atoms with Gasteiger partial charge in [0.05, 0.1) is 26.0 Å². The molecule has 9 heteroatoms. The number of imidazole rings is 1. The summed E-state index contributed by atoms with van der Waals surface area (Å²) in [5.74, 6) is 1.58. The van der Waals surface area contributed by atoms with Crippen molar-refractivity contribution in [2.75, 3.05) is 14.2 Å². The van der Waals surface area contributed by atoms with E-state index >= 15 is 0 Å². The highest BCUT2D eigenvalue weighted by Gasteiger charge is 2.26. The summed E-state index contributed by atoms with van der Waals surface area (Å²) in [5.41, 5.74) is 2.01. The van der Waals surface area contributed by atoms with Crippen LogP contribution in [0.4, 0.5) is 0 Å². The first kappa shape index (κ1) is 25.1. The highest BCUT2D eigenvalue weighted by Crippen LogP contribution is 2.29. The molecule has 0 bridgehead atoms. The molecule has 0 aliphatic rings. The van der Waals surface area contributed by atoms with Gasteiger partial charge in [-0.2, -0.15) is 5.10 Å². The number of rotatable bonds is 10. The van der Waals surface area contributed by atoms with Crippen LogP contribution in [0.5, 0.6) is 11.5 Å². The molecule has 0 saturated carbocycles. The summed E-state index contributed by atoms with van der Waals surface area (Å²) in [7, 11) is 3.13. The minimum Gasteiger partial charge on any atom is -0.493 e. The molecular formula is C27H30N4O5. The number of nitrogens with one attached hydrogen (secondary N) is 1. The molecule has 2 aromatic heterocycles. The first-order valence-electron chi connectivity index (χ1n) is 11.8. The van der Waals surface area contributed by atoms with E-state index in [9.17, 15) is 14.7 Å². The molecule has 2 atom stereocenters. The van der Waals surface area contributed by atoms with Gasteiger partial charge in [0.2, 0.25) is 0 Å². The molecule has 2 N–H and O–H groups in total. The second kappa shape index (κ2) is 10.7. The summed E-state index contributed by atoms with van der Waals surface area (Å²) >= 11 is 0. The molecule has 0 amide bonds. The fourth-order valence-corrected chi connectivity index (χ4v) is 4.38. The van der Waals surface area contributed by atoms with Crippen molar-refractivity contribution in [1.29, 1.82) is 0 Å². The second-order valence-corrected chi connectivity index (χ2v) is 8.76. The maximum absolute atomic E-state index is 13.0. The maximum Gasteiger partial charge on any atom is 0.277 e. The SMILES string of the molecule is COc1ccc(Cc2nn3c([C@@H](CCC(=O)c4ccccc4)[C@@H](C)O)nc(C)c3c(=O)[nH]2)cc1OC. The third-order valence-electron chi connectivity index (χ3n) is 6.26. The van der Waals surface area contributed by atoms with Crippen LogP contribution < -0.4 is 15.0 Å². The van der Waals surface area contributed by atoms with E-state index in [0.29, 0.717) is 52.8 Å². The average Bonchev–Trinajstić information content (AvgIpc) is 3.20. The Morgan fingerprint density at radius 3 is 2.50 bits per heavy atom. The molecule has 0 saturated heterocycles. The number of ether oxygens (including phenoxy) is 2. The number of aromatic nitrogens is 4. The van der Waals surface area contributed by atoms with Gasteiger partial charge < -0.3 is 19.6 Å². The number of carbonyl (C=O) groups is 1. The van der Waals surface area contributed by atoms with E-state index in [0.717, 1.165) is 5.56 Å². The van der Waals surface area contributed by atoms with Gasteiger partial charge in [-0.25, -0.2) is 9.50 Å². The molecule has 0 unspecified atom stereocenters. The van der Waals surface area contributed by atoms with E-state index in [4.69, 9.17) is 9.47 Å². The van der Waals surface area contributed by atoms with Gasteiger partial charge in [-0.15, -0.1) is 0 Å². The second-order valence-electron chi connectivity index (χ2n) is 8.76. The molecule has 4 aromatic rings. The predicted molar refractivity (Wildman–Crippen MR) is 135 cm³/mol. The number of carbonyl (C=O) groups excluding carboxylic acids is 1. The largest absolute Gasteiger partial charge is 0.493 e. The number of aliphatic hydroxyl groups excluding tert-OH is 1. The number of aromatic amines is 1. The molecule has 36 heavy (non-hydrogen) atoms. The summed E-state index contributed by atoms with van der Waals surface area (Å²) in [5, 5.41) is 15.3. The van der Waals surface area contributed by atoms with Gasteiger partial charge in [0.15, 0.2) is 22.8 Å². The Labute approximate surface area is 208 Å². The smallest absolute Gasteiger partial charge is 0.277 e. The van der Waals surface area contributed by atoms with Crippen molar-refractivity contribution in [3.63, 3.8) is 0 Å². The van der Waals surface area contributed by atoms with Crippen LogP contribution in [0.1, 0.15) is 58.9 Å². The average molecular weight is 491 g/mol. The summed E-state index contributed by atoms with van der Waals surface area (Å²) in [4.78, 5) is 33.1. The minimum atomic E-state index is -0.797. The molecular weight excluding hydrogens is 460 g/mol. The Bertz CT molecular complexity index is 1430. The van der Waals surface area contributed by atoms with Crippen molar-refractivity contribution in [2.24, 2.45) is 0 Å². The highest BCUT2D eigenvalue weighted by atomic mass is 16.5. The van der Waals surface area contributed by atoms with Crippen LogP contribution in [0.3, 0.4) is 0 Å². The molecule has 0 fully saturated rings. The number of Topliss-reactive ketones (excluding diaryl/α,β-unsaturated/α-hetero) is 1. The predicted octanol–water partition coefficient (Wildman–Crippen LogP) is 3.46. The maximum atomic E-state index is 13.0. The van der Waals surface area contributed by atoms with Gasteiger partial charge in [0, 0.05) is 24.3 Å². The molecule has 2 aromatic carbocycles. The lowest BCUT2D eigenvalue weighted by Gasteiger charge is -2.18. The van der Waals surface area contributed by atoms with Gasteiger partial charge in [-0.1, -0.05) is 36.4 Å². The van der Waals surface area contributed by atoms with Crippen molar-refractivity contribution < 1.29 is 19.4 Å². The summed E-state index contributed by atoms with van der Waals surface area (Å²) in [6.07, 6.45) is 0.140. The number of hydrogen-bond donors (Lipinski definition) is 2. The van der Waals surface area contributed by atoms with E-state index in [-0.39, 0.29) is 17.8 Å². The third-order valence-corrected chi connectivity index (χ3v) is 6.26. The van der Waals surface area contributed by atoms with Gasteiger partial charge >= 0.3 is 0 Å². The number of fused-ring (bicyclic) bond motifs is 1. The van der Waals surface area contributed by atoms with Crippen LogP contribution >= 0.6 is 0 Å². The molecule has 2 heterocycles. The molecule has 0 radical (unpaired) electrons. The van der Waals surface area contributed by atoms with Gasteiger partial charge in [0.1, 0.15) is 11.6 Å². The van der Waals surface area contributed by atoms with Crippen molar-refractivity contribution in [3.05, 3.63) is 87.4 Å². The van der Waals surface area contributed by atoms with Crippen molar-refractivity contribution >= 4 is 11.3 Å². The van der Waals surface area contributed by atoms with E-state index in [1.165, 1.54) is 4.52 Å². The van der Waals surface area contributed by atoms with Crippen LogP contribution in [-0.4, -0.2) is 50.8 Å². The van der Waals surface area contributed by atoms with Crippen molar-refractivity contribution in [1.82, 2.24) is 19.6 Å². The number of H-pyrrole nitrogens is 1. The Morgan fingerprint density at radius 1 is 1.11 bits per heavy atom. The van der Waals surface area contributed by atoms with Crippen molar-refractivity contribution in [3.8, 4) is 11.5 Å². The molecule has 4 rings (SSSR count). The van der Waals surface area contributed by atoms with E-state index in [1.807, 2.05) is 30.3 Å². The Kier molecular flexibility index (Phi) is 7.49. The van der Waals surface area contributed by atoms with Gasteiger partial charge in [-0.05, 0) is 38.0 Å². The number of hydrogen-bond acceptors (Lipinski definition) is 7. The topological polar surface area (TPSA) is 119 Å². The Hall–Kier alpha value is -3.98. The van der Waals surface area contributed by atoms with Gasteiger partial charge in [0.25, 0.3) is 5.56 Å². The number of aryl methyl sites for hydroxylation is 1. The minimum absolute atomic E-state index is 0.0150. The van der Waals surface area contributed by atoms with E-state index < -0.39 is 12.0 Å². The number of nitrogens with zero attached hydrogens (tertiary/aromatic N) is 3. The normalized spacial score (nSPS) is 12.9. The third kappa shape index (κ3) is 5.16. The lowest BCUT2D eigenvalue weighted by Crippen LogP contribution is -2.22. The molecule has 0 aliphatic carbocycles. The molecule has 9 nitrogen and oxygen atoms in total. The van der Waals surface area contributed by atoms with Gasteiger partial charge in [-0.3, -0.25) is 9.59 Å². The zero-order valence-corrected chi connectivity index (χ0v) is 20.8. The first-order valence-corrected chi connectivity index (χ1v) is 11.8. The van der Waals surface area contributed by atoms with E-state index in [1.54, 1.807) is 46.3 Å². The van der Waals surface area contributed by atoms with Crippen LogP contribution in [0.2, 0.25) is 0 Å². The van der Waals surface area contributed by atoms with Crippen LogP contribution in [0.25, 0.3) is 5.52 Å². The van der Waals surface area contributed by atoms with Crippen LogP contribution in [0, 0.1) is 6.92 Å². The quantitative estimate of drug-likeness (QED) is 0.327. The number of methoxy groups -OCH3 is 2. The Balaban J connectivity index is 1.67. The summed E-state index contributed by atoms with van der Waals surface area (Å²) in [6.45, 7) is 3.39. The van der Waals surface area contributed by atoms with Crippen LogP contribution in [0.15, 0.2) is 53.3 Å². The standard InChI is InChI=1S/C27H30N4O5/c1-16-25-27(34)29-24(15-18-10-13-22(35-3)23(14-18)36-4)30-31(25)26(28-16)20(17(2)32)11-12-21(33)19-8-6-5-7-9-19/h5-10,13-14,17,20,32H,11-12,15H2,1-4H3,(H,29,30,34)/t17-,20+/m1/s1. The number of ketones is 1. The lowest BCUT2D eigenvalue weighted by atomic mass is 9.94.